The number of ether oxygens (including phenoxy) is 1. The summed E-state index contributed by atoms with van der Waals surface area (Å²) in [5.41, 5.74) is 2.25. The molecule has 8 nitrogen and oxygen atoms in total. The Morgan fingerprint density at radius 2 is 1.60 bits per heavy atom. The van der Waals surface area contributed by atoms with Gasteiger partial charge in [-0.15, -0.1) is 0 Å². The molecule has 0 unspecified atom stereocenters. The van der Waals surface area contributed by atoms with Crippen LogP contribution in [0.25, 0.3) is 0 Å². The van der Waals surface area contributed by atoms with Gasteiger partial charge in [0.25, 0.3) is 0 Å². The summed E-state index contributed by atoms with van der Waals surface area (Å²) in [6.07, 6.45) is 0.107. The summed E-state index contributed by atoms with van der Waals surface area (Å²) in [6.45, 7) is 3.70. The monoisotopic (exact) mass is 409 g/mol. The fraction of sp³-hybridized carbons (Fsp3) is 0.273. The first-order valence-electron chi connectivity index (χ1n) is 9.63. The summed E-state index contributed by atoms with van der Waals surface area (Å²) < 4.78 is 4.95. The van der Waals surface area contributed by atoms with E-state index in [0.717, 1.165) is 0 Å². The molecule has 1 atom stereocenters. The first kappa shape index (κ1) is 21.0. The highest BCUT2D eigenvalue weighted by Gasteiger charge is 2.35. The van der Waals surface area contributed by atoms with Gasteiger partial charge in [0, 0.05) is 37.0 Å². The molecular weight excluding hydrogens is 386 g/mol. The Morgan fingerprint density at radius 3 is 2.17 bits per heavy atom. The molecule has 0 radical (unpaired) electrons. The van der Waals surface area contributed by atoms with Gasteiger partial charge in [-0.1, -0.05) is 0 Å². The zero-order valence-electron chi connectivity index (χ0n) is 16.8. The first-order valence-corrected chi connectivity index (χ1v) is 9.63. The van der Waals surface area contributed by atoms with E-state index in [1.54, 1.807) is 60.4 Å². The van der Waals surface area contributed by atoms with Crippen LogP contribution in [0.3, 0.4) is 0 Å². The highest BCUT2D eigenvalue weighted by Crippen LogP contribution is 2.26. The molecule has 0 spiro atoms. The van der Waals surface area contributed by atoms with Crippen molar-refractivity contribution in [3.63, 3.8) is 0 Å². The molecule has 1 heterocycles. The lowest BCUT2D eigenvalue weighted by Crippen LogP contribution is -2.28. The Morgan fingerprint density at radius 1 is 1.00 bits per heavy atom. The van der Waals surface area contributed by atoms with Crippen LogP contribution in [0.5, 0.6) is 0 Å². The fourth-order valence-electron chi connectivity index (χ4n) is 3.21. The lowest BCUT2D eigenvalue weighted by atomic mass is 10.1. The van der Waals surface area contributed by atoms with E-state index in [2.05, 4.69) is 10.6 Å². The number of nitrogens with one attached hydrogen (secondary N) is 2. The Hall–Kier alpha value is -3.68. The third kappa shape index (κ3) is 5.02. The van der Waals surface area contributed by atoms with Crippen molar-refractivity contribution in [2.24, 2.45) is 5.92 Å². The average Bonchev–Trinajstić information content (AvgIpc) is 3.11. The van der Waals surface area contributed by atoms with Crippen molar-refractivity contribution in [3.05, 3.63) is 54.1 Å². The number of rotatable bonds is 6. The van der Waals surface area contributed by atoms with Crippen LogP contribution in [-0.2, 0) is 19.1 Å². The van der Waals surface area contributed by atoms with E-state index >= 15 is 0 Å². The molecule has 156 valence electrons. The van der Waals surface area contributed by atoms with Gasteiger partial charge in [-0.05, 0) is 55.5 Å². The van der Waals surface area contributed by atoms with E-state index in [0.29, 0.717) is 22.6 Å². The standard InChI is InChI=1S/C22H23N3O5/c1-3-30-22(29)15-4-10-19(11-5-15)25-13-16(12-20(25)27)21(28)24-18-8-6-17(7-9-18)23-14(2)26/h4-11,16H,3,12-13H2,1-2H3,(H,23,26)(H,24,28)/t16-/m1/s1. The topological polar surface area (TPSA) is 105 Å². The van der Waals surface area contributed by atoms with Gasteiger partial charge in [0.2, 0.25) is 17.7 Å². The molecule has 30 heavy (non-hydrogen) atoms. The number of esters is 1. The lowest BCUT2D eigenvalue weighted by Gasteiger charge is -2.17. The number of hydrogen-bond donors (Lipinski definition) is 2. The summed E-state index contributed by atoms with van der Waals surface area (Å²) >= 11 is 0. The summed E-state index contributed by atoms with van der Waals surface area (Å²) in [4.78, 5) is 49.4. The number of carbonyl (C=O) groups excluding carboxylic acids is 4. The van der Waals surface area contributed by atoms with E-state index in [4.69, 9.17) is 4.74 Å². The maximum atomic E-state index is 12.6. The van der Waals surface area contributed by atoms with Gasteiger partial charge in [0.15, 0.2) is 0 Å². The Bertz CT molecular complexity index is 954. The molecular formula is C22H23N3O5. The second kappa shape index (κ2) is 9.21. The van der Waals surface area contributed by atoms with Gasteiger partial charge in [-0.3, -0.25) is 14.4 Å². The van der Waals surface area contributed by atoms with Crippen LogP contribution in [0, 0.1) is 5.92 Å². The molecule has 1 aliphatic heterocycles. The molecule has 1 aliphatic rings. The quantitative estimate of drug-likeness (QED) is 0.714. The van der Waals surface area contributed by atoms with Crippen LogP contribution in [0.1, 0.15) is 30.6 Å². The van der Waals surface area contributed by atoms with Crippen LogP contribution >= 0.6 is 0 Å². The van der Waals surface area contributed by atoms with Crippen LogP contribution in [0.4, 0.5) is 17.1 Å². The molecule has 2 aromatic carbocycles. The second-order valence-corrected chi connectivity index (χ2v) is 6.92. The third-order valence-corrected chi connectivity index (χ3v) is 4.66. The molecule has 3 rings (SSSR count). The van der Waals surface area contributed by atoms with Crippen molar-refractivity contribution >= 4 is 40.8 Å². The van der Waals surface area contributed by atoms with Crippen molar-refractivity contribution < 1.29 is 23.9 Å². The maximum absolute atomic E-state index is 12.6. The van der Waals surface area contributed by atoms with Crippen LogP contribution in [0.2, 0.25) is 0 Å². The molecule has 0 saturated carbocycles. The maximum Gasteiger partial charge on any atom is 0.338 e. The highest BCUT2D eigenvalue weighted by molar-refractivity contribution is 6.04. The van der Waals surface area contributed by atoms with Gasteiger partial charge < -0.3 is 20.3 Å². The van der Waals surface area contributed by atoms with Crippen molar-refractivity contribution in [2.75, 3.05) is 28.7 Å². The largest absolute Gasteiger partial charge is 0.462 e. The number of hydrogen-bond acceptors (Lipinski definition) is 5. The summed E-state index contributed by atoms with van der Waals surface area (Å²) in [5.74, 6) is -1.48. The number of amides is 3. The number of carbonyl (C=O) groups is 4. The van der Waals surface area contributed by atoms with Crippen LogP contribution in [-0.4, -0.2) is 36.8 Å². The second-order valence-electron chi connectivity index (χ2n) is 6.92. The van der Waals surface area contributed by atoms with E-state index in [1.807, 2.05) is 0 Å². The predicted octanol–water partition coefficient (Wildman–Crippen LogP) is 2.81. The molecule has 1 saturated heterocycles. The highest BCUT2D eigenvalue weighted by atomic mass is 16.5. The summed E-state index contributed by atoms with van der Waals surface area (Å²) in [6, 6.07) is 13.3. The van der Waals surface area contributed by atoms with Gasteiger partial charge in [0.1, 0.15) is 0 Å². The molecule has 2 N–H and O–H groups in total. The molecule has 2 aromatic rings. The normalized spacial score (nSPS) is 15.6. The summed E-state index contributed by atoms with van der Waals surface area (Å²) in [5, 5.41) is 5.46. The van der Waals surface area contributed by atoms with Gasteiger partial charge in [-0.25, -0.2) is 4.79 Å². The number of nitrogens with zero attached hydrogens (tertiary/aromatic N) is 1. The van der Waals surface area contributed by atoms with Gasteiger partial charge >= 0.3 is 5.97 Å². The molecule has 0 bridgehead atoms. The SMILES string of the molecule is CCOC(=O)c1ccc(N2C[C@H](C(=O)Nc3ccc(NC(C)=O)cc3)CC2=O)cc1. The molecule has 8 heteroatoms. The van der Waals surface area contributed by atoms with Crippen molar-refractivity contribution in [3.8, 4) is 0 Å². The van der Waals surface area contributed by atoms with Crippen LogP contribution in [0.15, 0.2) is 48.5 Å². The van der Waals surface area contributed by atoms with Gasteiger partial charge in [-0.2, -0.15) is 0 Å². The van der Waals surface area contributed by atoms with Crippen LogP contribution < -0.4 is 15.5 Å². The minimum absolute atomic E-state index is 0.107. The van der Waals surface area contributed by atoms with Gasteiger partial charge in [0.05, 0.1) is 18.1 Å². The molecule has 0 aromatic heterocycles. The van der Waals surface area contributed by atoms with Crippen molar-refractivity contribution in [2.45, 2.75) is 20.3 Å². The molecule has 0 aliphatic carbocycles. The molecule has 3 amide bonds. The first-order chi connectivity index (χ1) is 14.4. The Labute approximate surface area is 174 Å². The smallest absolute Gasteiger partial charge is 0.338 e. The minimum Gasteiger partial charge on any atom is -0.462 e. The van der Waals surface area contributed by atoms with E-state index in [-0.39, 0.29) is 37.3 Å². The third-order valence-electron chi connectivity index (χ3n) is 4.66. The van der Waals surface area contributed by atoms with E-state index in [9.17, 15) is 19.2 Å². The summed E-state index contributed by atoms with van der Waals surface area (Å²) in [7, 11) is 0. The average molecular weight is 409 g/mol. The fourth-order valence-corrected chi connectivity index (χ4v) is 3.21. The van der Waals surface area contributed by atoms with Crippen molar-refractivity contribution in [1.29, 1.82) is 0 Å². The Kier molecular flexibility index (Phi) is 6.46. The number of anilines is 3. The number of benzene rings is 2. The Balaban J connectivity index is 1.61. The van der Waals surface area contributed by atoms with E-state index in [1.165, 1.54) is 6.92 Å². The zero-order chi connectivity index (χ0) is 21.7. The molecule has 1 fully saturated rings. The minimum atomic E-state index is -0.489. The zero-order valence-corrected chi connectivity index (χ0v) is 16.8. The van der Waals surface area contributed by atoms with E-state index < -0.39 is 11.9 Å². The predicted molar refractivity (Wildman–Crippen MR) is 112 cm³/mol. The lowest BCUT2D eigenvalue weighted by molar-refractivity contribution is -0.122. The van der Waals surface area contributed by atoms with Crippen molar-refractivity contribution in [1.82, 2.24) is 0 Å².